The van der Waals surface area contributed by atoms with E-state index in [1.807, 2.05) is 4.90 Å². The van der Waals surface area contributed by atoms with Crippen molar-refractivity contribution in [3.63, 3.8) is 0 Å². The molecule has 0 radical (unpaired) electrons. The van der Waals surface area contributed by atoms with E-state index in [2.05, 4.69) is 52.2 Å². The summed E-state index contributed by atoms with van der Waals surface area (Å²) in [7, 11) is 0. The summed E-state index contributed by atoms with van der Waals surface area (Å²) in [5, 5.41) is 12.4. The fourth-order valence-electron chi connectivity index (χ4n) is 3.01. The Morgan fingerprint density at radius 2 is 1.96 bits per heavy atom. The van der Waals surface area contributed by atoms with Crippen molar-refractivity contribution < 1.29 is 4.79 Å². The minimum absolute atomic E-state index is 0.0221. The third kappa shape index (κ3) is 2.52. The number of aromatic nitrogens is 4. The standard InChI is InChI=1S/C16H18N6OS/c1-11-4-3-5-13(12(11)2)20-6-8-21(9-7-20)15(23)14-19-22-10-17-18-16(22)24-14/h3-5,10H,6-9H2,1-2H3. The third-order valence-electron chi connectivity index (χ3n) is 4.55. The zero-order chi connectivity index (χ0) is 16.7. The summed E-state index contributed by atoms with van der Waals surface area (Å²) in [5.41, 5.74) is 3.87. The van der Waals surface area contributed by atoms with Crippen LogP contribution in [0.15, 0.2) is 24.5 Å². The van der Waals surface area contributed by atoms with Gasteiger partial charge in [-0.25, -0.2) is 0 Å². The summed E-state index contributed by atoms with van der Waals surface area (Å²) < 4.78 is 1.55. The molecule has 0 N–H and O–H groups in total. The van der Waals surface area contributed by atoms with Crippen LogP contribution >= 0.6 is 11.3 Å². The van der Waals surface area contributed by atoms with Crippen LogP contribution in [0.1, 0.15) is 20.9 Å². The molecule has 1 aliphatic rings. The quantitative estimate of drug-likeness (QED) is 0.710. The number of anilines is 1. The van der Waals surface area contributed by atoms with Gasteiger partial charge in [0.25, 0.3) is 5.91 Å². The largest absolute Gasteiger partial charge is 0.368 e. The maximum absolute atomic E-state index is 12.6. The van der Waals surface area contributed by atoms with Crippen LogP contribution in [0.4, 0.5) is 5.69 Å². The Kier molecular flexibility index (Phi) is 3.68. The lowest BCUT2D eigenvalue weighted by molar-refractivity contribution is 0.0745. The van der Waals surface area contributed by atoms with Gasteiger partial charge >= 0.3 is 0 Å². The Balaban J connectivity index is 1.46. The molecule has 24 heavy (non-hydrogen) atoms. The molecule has 0 saturated carbocycles. The molecule has 1 saturated heterocycles. The van der Waals surface area contributed by atoms with Crippen LogP contribution in [-0.4, -0.2) is 56.8 Å². The molecular formula is C16H18N6OS. The van der Waals surface area contributed by atoms with Crippen LogP contribution in [0.25, 0.3) is 4.96 Å². The molecule has 4 rings (SSSR count). The Morgan fingerprint density at radius 1 is 1.17 bits per heavy atom. The zero-order valence-electron chi connectivity index (χ0n) is 13.6. The van der Waals surface area contributed by atoms with Crippen molar-refractivity contribution in [1.82, 2.24) is 24.7 Å². The van der Waals surface area contributed by atoms with Crippen LogP contribution in [0.2, 0.25) is 0 Å². The highest BCUT2D eigenvalue weighted by Crippen LogP contribution is 2.24. The van der Waals surface area contributed by atoms with Gasteiger partial charge in [0.1, 0.15) is 6.33 Å². The lowest BCUT2D eigenvalue weighted by atomic mass is 10.1. The zero-order valence-corrected chi connectivity index (χ0v) is 14.5. The molecule has 0 atom stereocenters. The predicted molar refractivity (Wildman–Crippen MR) is 92.7 cm³/mol. The van der Waals surface area contributed by atoms with E-state index in [-0.39, 0.29) is 5.91 Å². The van der Waals surface area contributed by atoms with Gasteiger partial charge in [0, 0.05) is 31.9 Å². The maximum atomic E-state index is 12.6. The van der Waals surface area contributed by atoms with Gasteiger partial charge < -0.3 is 9.80 Å². The first-order valence-corrected chi connectivity index (χ1v) is 8.72. The number of amides is 1. The molecule has 7 nitrogen and oxygen atoms in total. The van der Waals surface area contributed by atoms with Crippen LogP contribution < -0.4 is 4.90 Å². The van der Waals surface area contributed by atoms with E-state index < -0.39 is 0 Å². The fourth-order valence-corrected chi connectivity index (χ4v) is 3.80. The van der Waals surface area contributed by atoms with Gasteiger partial charge in [-0.1, -0.05) is 23.5 Å². The van der Waals surface area contributed by atoms with Crippen molar-refractivity contribution in [2.75, 3.05) is 31.1 Å². The number of carbonyl (C=O) groups is 1. The van der Waals surface area contributed by atoms with E-state index in [0.717, 1.165) is 13.1 Å². The molecule has 0 aliphatic carbocycles. The molecule has 1 amide bonds. The highest BCUT2D eigenvalue weighted by Gasteiger charge is 2.25. The van der Waals surface area contributed by atoms with Crippen LogP contribution in [0.3, 0.4) is 0 Å². The molecule has 3 aromatic rings. The van der Waals surface area contributed by atoms with Crippen molar-refractivity contribution in [2.45, 2.75) is 13.8 Å². The van der Waals surface area contributed by atoms with Gasteiger partial charge in [0.05, 0.1) is 0 Å². The summed E-state index contributed by atoms with van der Waals surface area (Å²) in [6.45, 7) is 7.35. The SMILES string of the molecule is Cc1cccc(N2CCN(C(=O)c3nn4cnnc4s3)CC2)c1C. The topological polar surface area (TPSA) is 66.6 Å². The van der Waals surface area contributed by atoms with Crippen LogP contribution in [0.5, 0.6) is 0 Å². The first-order valence-electron chi connectivity index (χ1n) is 7.91. The normalized spacial score (nSPS) is 15.2. The molecule has 8 heteroatoms. The third-order valence-corrected chi connectivity index (χ3v) is 5.45. The Labute approximate surface area is 143 Å². The van der Waals surface area contributed by atoms with Gasteiger partial charge in [-0.05, 0) is 31.0 Å². The van der Waals surface area contributed by atoms with E-state index in [0.29, 0.717) is 23.1 Å². The van der Waals surface area contributed by atoms with E-state index >= 15 is 0 Å². The highest BCUT2D eigenvalue weighted by atomic mass is 32.1. The van der Waals surface area contributed by atoms with Crippen LogP contribution in [0, 0.1) is 13.8 Å². The average molecular weight is 342 g/mol. The molecule has 124 valence electrons. The lowest BCUT2D eigenvalue weighted by Crippen LogP contribution is -2.49. The summed E-state index contributed by atoms with van der Waals surface area (Å²) in [5.74, 6) is -0.0221. The van der Waals surface area contributed by atoms with Crippen molar-refractivity contribution >= 4 is 27.9 Å². The summed E-state index contributed by atoms with van der Waals surface area (Å²) >= 11 is 1.28. The number of rotatable bonds is 2. The molecule has 1 aliphatic heterocycles. The van der Waals surface area contributed by atoms with Gasteiger partial charge in [-0.3, -0.25) is 4.79 Å². The number of fused-ring (bicyclic) bond motifs is 1. The number of benzene rings is 1. The van der Waals surface area contributed by atoms with Gasteiger partial charge in [-0.15, -0.1) is 15.3 Å². The maximum Gasteiger partial charge on any atom is 0.284 e. The second-order valence-electron chi connectivity index (χ2n) is 5.96. The molecule has 0 unspecified atom stereocenters. The smallest absolute Gasteiger partial charge is 0.284 e. The summed E-state index contributed by atoms with van der Waals surface area (Å²) in [6, 6.07) is 6.38. The van der Waals surface area contributed by atoms with Gasteiger partial charge in [0.15, 0.2) is 0 Å². The van der Waals surface area contributed by atoms with Crippen LogP contribution in [-0.2, 0) is 0 Å². The Hall–Kier alpha value is -2.48. The molecular weight excluding hydrogens is 324 g/mol. The number of hydrogen-bond donors (Lipinski definition) is 0. The fraction of sp³-hybridized carbons (Fsp3) is 0.375. The van der Waals surface area contributed by atoms with E-state index in [9.17, 15) is 4.79 Å². The second-order valence-corrected chi connectivity index (χ2v) is 6.92. The predicted octanol–water partition coefficient (Wildman–Crippen LogP) is 1.77. The number of nitrogens with zero attached hydrogens (tertiary/aromatic N) is 6. The molecule has 0 spiro atoms. The first-order chi connectivity index (χ1) is 11.6. The Bertz CT molecular complexity index is 864. The molecule has 1 fully saturated rings. The van der Waals surface area contributed by atoms with E-state index in [4.69, 9.17) is 0 Å². The lowest BCUT2D eigenvalue weighted by Gasteiger charge is -2.36. The minimum Gasteiger partial charge on any atom is -0.368 e. The average Bonchev–Trinajstić information content (AvgIpc) is 3.19. The van der Waals surface area contributed by atoms with E-state index in [1.165, 1.54) is 34.5 Å². The molecule has 2 aromatic heterocycles. The van der Waals surface area contributed by atoms with Crippen molar-refractivity contribution in [1.29, 1.82) is 0 Å². The minimum atomic E-state index is -0.0221. The second kappa shape index (κ2) is 5.86. The van der Waals surface area contributed by atoms with E-state index in [1.54, 1.807) is 4.52 Å². The van der Waals surface area contributed by atoms with Crippen molar-refractivity contribution in [3.8, 4) is 0 Å². The van der Waals surface area contributed by atoms with Crippen molar-refractivity contribution in [2.24, 2.45) is 0 Å². The van der Waals surface area contributed by atoms with Crippen molar-refractivity contribution in [3.05, 3.63) is 40.7 Å². The number of piperazine rings is 1. The monoisotopic (exact) mass is 342 g/mol. The first kappa shape index (κ1) is 15.1. The highest BCUT2D eigenvalue weighted by molar-refractivity contribution is 7.18. The molecule has 3 heterocycles. The molecule has 1 aromatic carbocycles. The number of carbonyl (C=O) groups excluding carboxylic acids is 1. The molecule has 0 bridgehead atoms. The van der Waals surface area contributed by atoms with Gasteiger partial charge in [-0.2, -0.15) is 4.52 Å². The summed E-state index contributed by atoms with van der Waals surface area (Å²) in [4.78, 5) is 17.5. The van der Waals surface area contributed by atoms with Gasteiger partial charge in [0.2, 0.25) is 9.97 Å². The number of hydrogen-bond acceptors (Lipinski definition) is 6. The summed E-state index contributed by atoms with van der Waals surface area (Å²) in [6.07, 6.45) is 1.51. The Morgan fingerprint density at radius 3 is 2.71 bits per heavy atom. The number of aryl methyl sites for hydroxylation is 1.